The van der Waals surface area contributed by atoms with Gasteiger partial charge in [-0.2, -0.15) is 0 Å². The molecular formula is C10H9Br. The van der Waals surface area contributed by atoms with E-state index in [0.29, 0.717) is 0 Å². The summed E-state index contributed by atoms with van der Waals surface area (Å²) in [5, 5.41) is 0. The molecule has 1 rings (SSSR count). The Morgan fingerprint density at radius 3 is 2.27 bits per heavy atom. The highest BCUT2D eigenvalue weighted by Gasteiger charge is 1.92. The van der Waals surface area contributed by atoms with Crippen LogP contribution in [0.5, 0.6) is 0 Å². The number of hydrogen-bond acceptors (Lipinski definition) is 0. The minimum Gasteiger partial charge on any atom is -0.0985 e. The molecule has 0 saturated heterocycles. The van der Waals surface area contributed by atoms with Gasteiger partial charge in [0.1, 0.15) is 0 Å². The van der Waals surface area contributed by atoms with Crippen molar-refractivity contribution in [1.29, 1.82) is 0 Å². The third-order valence-corrected chi connectivity index (χ3v) is 1.99. The third kappa shape index (κ3) is 2.05. The Morgan fingerprint density at radius 1 is 1.27 bits per heavy atom. The van der Waals surface area contributed by atoms with E-state index in [-0.39, 0.29) is 0 Å². The molecule has 0 unspecified atom stereocenters. The molecule has 0 amide bonds. The highest BCUT2D eigenvalue weighted by Crippen LogP contribution is 2.16. The van der Waals surface area contributed by atoms with E-state index in [9.17, 15) is 0 Å². The van der Waals surface area contributed by atoms with Crippen LogP contribution < -0.4 is 0 Å². The van der Waals surface area contributed by atoms with Crippen LogP contribution in [0.4, 0.5) is 0 Å². The van der Waals surface area contributed by atoms with Gasteiger partial charge in [-0.3, -0.25) is 0 Å². The van der Waals surface area contributed by atoms with E-state index in [1.54, 1.807) is 6.08 Å². The molecule has 0 aliphatic carbocycles. The Morgan fingerprint density at radius 2 is 1.82 bits per heavy atom. The van der Waals surface area contributed by atoms with Crippen molar-refractivity contribution in [3.8, 4) is 0 Å². The largest absolute Gasteiger partial charge is 0.0985 e. The van der Waals surface area contributed by atoms with Gasteiger partial charge in [0, 0.05) is 4.47 Å². The molecule has 0 aliphatic rings. The van der Waals surface area contributed by atoms with Gasteiger partial charge in [0.25, 0.3) is 0 Å². The maximum Gasteiger partial charge on any atom is 0.0175 e. The van der Waals surface area contributed by atoms with Crippen molar-refractivity contribution in [3.63, 3.8) is 0 Å². The van der Waals surface area contributed by atoms with Crippen LogP contribution in [-0.2, 0) is 0 Å². The summed E-state index contributed by atoms with van der Waals surface area (Å²) in [6.45, 7) is 7.49. The topological polar surface area (TPSA) is 0 Å². The Balaban J connectivity index is 2.98. The van der Waals surface area contributed by atoms with Crippen LogP contribution in [0.2, 0.25) is 0 Å². The monoisotopic (exact) mass is 208 g/mol. The SMILES string of the molecule is C=CC(=C)c1ccc(Br)cc1. The summed E-state index contributed by atoms with van der Waals surface area (Å²) < 4.78 is 1.08. The Bertz CT molecular complexity index is 269. The molecule has 1 aromatic rings. The fourth-order valence-corrected chi connectivity index (χ4v) is 1.05. The van der Waals surface area contributed by atoms with E-state index in [0.717, 1.165) is 15.6 Å². The predicted octanol–water partition coefficient (Wildman–Crippen LogP) is 3.65. The van der Waals surface area contributed by atoms with E-state index < -0.39 is 0 Å². The zero-order chi connectivity index (χ0) is 8.27. The molecule has 11 heavy (non-hydrogen) atoms. The highest BCUT2D eigenvalue weighted by molar-refractivity contribution is 9.10. The summed E-state index contributed by atoms with van der Waals surface area (Å²) in [4.78, 5) is 0. The fourth-order valence-electron chi connectivity index (χ4n) is 0.782. The first-order valence-electron chi connectivity index (χ1n) is 3.31. The first kappa shape index (κ1) is 8.28. The van der Waals surface area contributed by atoms with Crippen molar-refractivity contribution < 1.29 is 0 Å². The highest BCUT2D eigenvalue weighted by atomic mass is 79.9. The van der Waals surface area contributed by atoms with Gasteiger partial charge < -0.3 is 0 Å². The van der Waals surface area contributed by atoms with Crippen molar-refractivity contribution in [2.24, 2.45) is 0 Å². The molecule has 0 bridgehead atoms. The van der Waals surface area contributed by atoms with Gasteiger partial charge in [-0.15, -0.1) is 0 Å². The summed E-state index contributed by atoms with van der Waals surface area (Å²) in [6, 6.07) is 8.00. The first-order chi connectivity index (χ1) is 5.24. The summed E-state index contributed by atoms with van der Waals surface area (Å²) in [5.41, 5.74) is 2.07. The van der Waals surface area contributed by atoms with Gasteiger partial charge in [-0.05, 0) is 23.3 Å². The maximum absolute atomic E-state index is 3.84. The van der Waals surface area contributed by atoms with E-state index in [1.165, 1.54) is 0 Å². The summed E-state index contributed by atoms with van der Waals surface area (Å²) >= 11 is 3.36. The molecule has 0 aromatic heterocycles. The molecule has 0 saturated carbocycles. The maximum atomic E-state index is 3.84. The number of rotatable bonds is 2. The van der Waals surface area contributed by atoms with Crippen molar-refractivity contribution in [3.05, 3.63) is 53.5 Å². The molecule has 0 atom stereocenters. The summed E-state index contributed by atoms with van der Waals surface area (Å²) in [7, 11) is 0. The van der Waals surface area contributed by atoms with Gasteiger partial charge in [0.15, 0.2) is 0 Å². The van der Waals surface area contributed by atoms with Crippen LogP contribution in [0.25, 0.3) is 5.57 Å². The molecule has 0 nitrogen and oxygen atoms in total. The third-order valence-electron chi connectivity index (χ3n) is 1.46. The number of hydrogen-bond donors (Lipinski definition) is 0. The van der Waals surface area contributed by atoms with Crippen molar-refractivity contribution in [2.45, 2.75) is 0 Å². The van der Waals surface area contributed by atoms with Gasteiger partial charge in [-0.25, -0.2) is 0 Å². The van der Waals surface area contributed by atoms with Gasteiger partial charge >= 0.3 is 0 Å². The van der Waals surface area contributed by atoms with E-state index in [4.69, 9.17) is 0 Å². The first-order valence-corrected chi connectivity index (χ1v) is 4.10. The van der Waals surface area contributed by atoms with Gasteiger partial charge in [0.2, 0.25) is 0 Å². The predicted molar refractivity (Wildman–Crippen MR) is 53.4 cm³/mol. The Kier molecular flexibility index (Phi) is 2.66. The quantitative estimate of drug-likeness (QED) is 0.652. The van der Waals surface area contributed by atoms with Gasteiger partial charge in [0.05, 0.1) is 0 Å². The minimum atomic E-state index is 0.956. The van der Waals surface area contributed by atoms with Crippen LogP contribution in [-0.4, -0.2) is 0 Å². The Hall–Kier alpha value is -0.820. The molecule has 1 heteroatoms. The zero-order valence-electron chi connectivity index (χ0n) is 6.18. The zero-order valence-corrected chi connectivity index (χ0v) is 7.76. The second kappa shape index (κ2) is 3.54. The molecule has 0 N–H and O–H groups in total. The molecule has 0 radical (unpaired) electrons. The average Bonchev–Trinajstić information content (AvgIpc) is 2.05. The summed E-state index contributed by atoms with van der Waals surface area (Å²) in [5.74, 6) is 0. The second-order valence-corrected chi connectivity index (χ2v) is 3.15. The molecule has 0 fully saturated rings. The van der Waals surface area contributed by atoms with E-state index >= 15 is 0 Å². The van der Waals surface area contributed by atoms with E-state index in [2.05, 4.69) is 29.1 Å². The van der Waals surface area contributed by atoms with Crippen molar-refractivity contribution in [2.75, 3.05) is 0 Å². The Labute approximate surface area is 75.4 Å². The minimum absolute atomic E-state index is 0.956. The lowest BCUT2D eigenvalue weighted by molar-refractivity contribution is 1.59. The lowest BCUT2D eigenvalue weighted by Gasteiger charge is -1.98. The normalized spacial score (nSPS) is 9.18. The fraction of sp³-hybridized carbons (Fsp3) is 0. The lowest BCUT2D eigenvalue weighted by Crippen LogP contribution is -1.76. The van der Waals surface area contributed by atoms with Crippen LogP contribution in [0.15, 0.2) is 48.0 Å². The average molecular weight is 209 g/mol. The van der Waals surface area contributed by atoms with E-state index in [1.807, 2.05) is 24.3 Å². The number of allylic oxidation sites excluding steroid dienone is 2. The lowest BCUT2D eigenvalue weighted by atomic mass is 10.1. The van der Waals surface area contributed by atoms with Crippen LogP contribution in [0.3, 0.4) is 0 Å². The number of halogens is 1. The van der Waals surface area contributed by atoms with Crippen LogP contribution >= 0.6 is 15.9 Å². The standard InChI is InChI=1S/C10H9Br/c1-3-8(2)9-4-6-10(11)7-5-9/h3-7H,1-2H2. The summed E-state index contributed by atoms with van der Waals surface area (Å²) in [6.07, 6.45) is 1.75. The smallest absolute Gasteiger partial charge is 0.0175 e. The molecule has 0 aliphatic heterocycles. The molecular weight excluding hydrogens is 200 g/mol. The molecule has 56 valence electrons. The van der Waals surface area contributed by atoms with Crippen LogP contribution in [0.1, 0.15) is 5.56 Å². The van der Waals surface area contributed by atoms with Crippen molar-refractivity contribution >= 4 is 21.5 Å². The van der Waals surface area contributed by atoms with Crippen molar-refractivity contribution in [1.82, 2.24) is 0 Å². The van der Waals surface area contributed by atoms with Crippen LogP contribution in [0, 0.1) is 0 Å². The molecule has 1 aromatic carbocycles. The molecule has 0 spiro atoms. The van der Waals surface area contributed by atoms with Gasteiger partial charge in [-0.1, -0.05) is 47.3 Å². The number of benzene rings is 1. The second-order valence-electron chi connectivity index (χ2n) is 2.24. The molecule has 0 heterocycles.